The van der Waals surface area contributed by atoms with Crippen molar-refractivity contribution in [3.05, 3.63) is 0 Å². The number of unbranched alkanes of at least 4 members (excludes halogenated alkanes) is 3. The van der Waals surface area contributed by atoms with Crippen molar-refractivity contribution in [1.82, 2.24) is 10.2 Å². The van der Waals surface area contributed by atoms with Gasteiger partial charge in [0.1, 0.15) is 5.54 Å². The summed E-state index contributed by atoms with van der Waals surface area (Å²) in [7, 11) is 0. The molecule has 0 aromatic heterocycles. The summed E-state index contributed by atoms with van der Waals surface area (Å²) in [5.41, 5.74) is -0.666. The Morgan fingerprint density at radius 1 is 1.14 bits per heavy atom. The number of nitrogens with zero attached hydrogens (tertiary/aromatic N) is 1. The minimum atomic E-state index is -0.666. The van der Waals surface area contributed by atoms with Crippen LogP contribution in [-0.2, 0) is 4.79 Å². The van der Waals surface area contributed by atoms with Crippen molar-refractivity contribution in [2.75, 3.05) is 13.2 Å². The zero-order valence-electron chi connectivity index (χ0n) is 13.2. The minimum absolute atomic E-state index is 0.0191. The molecule has 5 nitrogen and oxygen atoms in total. The molecule has 2 unspecified atom stereocenters. The lowest BCUT2D eigenvalue weighted by Crippen LogP contribution is -2.58. The molecule has 3 amide bonds. The highest BCUT2D eigenvalue weighted by atomic mass is 16.3. The molecule has 2 fully saturated rings. The van der Waals surface area contributed by atoms with Crippen LogP contribution in [-0.4, -0.2) is 40.6 Å². The Morgan fingerprint density at radius 2 is 1.76 bits per heavy atom. The number of carbonyl (C=O) groups excluding carboxylic acids is 2. The largest absolute Gasteiger partial charge is 0.396 e. The first-order chi connectivity index (χ1) is 10.0. The fourth-order valence-electron chi connectivity index (χ4n) is 3.89. The van der Waals surface area contributed by atoms with Gasteiger partial charge in [-0.1, -0.05) is 33.1 Å². The molecule has 2 aliphatic rings. The number of aliphatic hydroxyl groups excluding tert-OH is 1. The van der Waals surface area contributed by atoms with Crippen LogP contribution in [0.25, 0.3) is 0 Å². The predicted octanol–water partition coefficient (Wildman–Crippen LogP) is 2.29. The van der Waals surface area contributed by atoms with Crippen molar-refractivity contribution in [2.24, 2.45) is 11.8 Å². The average molecular weight is 296 g/mol. The third-order valence-electron chi connectivity index (χ3n) is 5.28. The Hall–Kier alpha value is -1.10. The molecular weight excluding hydrogens is 268 g/mol. The van der Waals surface area contributed by atoms with E-state index in [2.05, 4.69) is 19.2 Å². The van der Waals surface area contributed by atoms with Crippen LogP contribution in [0.15, 0.2) is 0 Å². The maximum atomic E-state index is 12.8. The van der Waals surface area contributed by atoms with Gasteiger partial charge >= 0.3 is 6.03 Å². The number of nitrogens with one attached hydrogen (secondary N) is 1. The van der Waals surface area contributed by atoms with E-state index >= 15 is 0 Å². The topological polar surface area (TPSA) is 69.6 Å². The van der Waals surface area contributed by atoms with Gasteiger partial charge in [-0.15, -0.1) is 0 Å². The Labute approximate surface area is 127 Å². The molecule has 1 heterocycles. The van der Waals surface area contributed by atoms with E-state index in [1.54, 1.807) is 0 Å². The van der Waals surface area contributed by atoms with E-state index in [9.17, 15) is 9.59 Å². The highest BCUT2D eigenvalue weighted by Gasteiger charge is 2.57. The van der Waals surface area contributed by atoms with Gasteiger partial charge < -0.3 is 10.4 Å². The number of imide groups is 1. The number of aliphatic hydroxyl groups is 1. The van der Waals surface area contributed by atoms with E-state index in [0.717, 1.165) is 44.9 Å². The summed E-state index contributed by atoms with van der Waals surface area (Å²) in [5, 5.41) is 11.8. The molecule has 0 bridgehead atoms. The van der Waals surface area contributed by atoms with Gasteiger partial charge in [-0.3, -0.25) is 9.69 Å². The lowest BCUT2D eigenvalue weighted by Gasteiger charge is -2.42. The second-order valence-corrected chi connectivity index (χ2v) is 6.63. The Bertz CT molecular complexity index is 387. The van der Waals surface area contributed by atoms with Gasteiger partial charge in [0.25, 0.3) is 5.91 Å². The fourth-order valence-corrected chi connectivity index (χ4v) is 3.89. The van der Waals surface area contributed by atoms with Crippen LogP contribution in [0.2, 0.25) is 0 Å². The summed E-state index contributed by atoms with van der Waals surface area (Å²) in [6.45, 7) is 4.87. The van der Waals surface area contributed by atoms with Crippen LogP contribution in [0.3, 0.4) is 0 Å². The van der Waals surface area contributed by atoms with E-state index in [-0.39, 0.29) is 30.4 Å². The van der Waals surface area contributed by atoms with Gasteiger partial charge in [0.2, 0.25) is 0 Å². The van der Waals surface area contributed by atoms with Gasteiger partial charge in [0.05, 0.1) is 0 Å². The summed E-state index contributed by atoms with van der Waals surface area (Å²) in [6, 6.07) is -0.220. The summed E-state index contributed by atoms with van der Waals surface area (Å²) in [6.07, 6.45) is 6.62. The van der Waals surface area contributed by atoms with Crippen molar-refractivity contribution < 1.29 is 14.7 Å². The third-order valence-corrected chi connectivity index (χ3v) is 5.28. The maximum Gasteiger partial charge on any atom is 0.325 e. The zero-order chi connectivity index (χ0) is 15.5. The van der Waals surface area contributed by atoms with Crippen LogP contribution in [0.4, 0.5) is 4.79 Å². The van der Waals surface area contributed by atoms with Crippen molar-refractivity contribution in [1.29, 1.82) is 0 Å². The van der Waals surface area contributed by atoms with Crippen molar-refractivity contribution in [3.8, 4) is 0 Å². The number of hydrogen-bond acceptors (Lipinski definition) is 3. The van der Waals surface area contributed by atoms with Gasteiger partial charge in [0, 0.05) is 13.2 Å². The highest BCUT2D eigenvalue weighted by molar-refractivity contribution is 6.07. The molecule has 120 valence electrons. The van der Waals surface area contributed by atoms with E-state index in [1.165, 1.54) is 4.90 Å². The van der Waals surface area contributed by atoms with Crippen molar-refractivity contribution in [3.63, 3.8) is 0 Å². The number of urea groups is 1. The molecule has 2 N–H and O–H groups in total. The van der Waals surface area contributed by atoms with Crippen LogP contribution in [0, 0.1) is 11.8 Å². The Morgan fingerprint density at radius 3 is 2.38 bits per heavy atom. The van der Waals surface area contributed by atoms with Crippen LogP contribution >= 0.6 is 0 Å². The second kappa shape index (κ2) is 6.77. The average Bonchev–Trinajstić information content (AvgIpc) is 2.70. The molecule has 2 rings (SSSR count). The lowest BCUT2D eigenvalue weighted by atomic mass is 9.67. The number of hydrogen-bond donors (Lipinski definition) is 2. The highest BCUT2D eigenvalue weighted by Crippen LogP contribution is 2.42. The van der Waals surface area contributed by atoms with Crippen molar-refractivity contribution in [2.45, 2.75) is 64.3 Å². The third kappa shape index (κ3) is 2.93. The van der Waals surface area contributed by atoms with E-state index in [0.29, 0.717) is 6.54 Å². The molecule has 0 radical (unpaired) electrons. The van der Waals surface area contributed by atoms with E-state index in [1.807, 2.05) is 0 Å². The first kappa shape index (κ1) is 16.3. The standard InChI is InChI=1S/C16H28N2O3/c1-12-8-7-9-13(2)16(12)14(20)18(15(21)17-16)10-5-3-4-6-11-19/h12-13,19H,3-11H2,1-2H3,(H,17,21). The van der Waals surface area contributed by atoms with Gasteiger partial charge in [-0.05, 0) is 37.5 Å². The maximum absolute atomic E-state index is 12.8. The quantitative estimate of drug-likeness (QED) is 0.583. The Kier molecular flexibility index (Phi) is 5.25. The molecule has 1 aliphatic heterocycles. The fraction of sp³-hybridized carbons (Fsp3) is 0.875. The van der Waals surface area contributed by atoms with Crippen LogP contribution in [0.5, 0.6) is 0 Å². The first-order valence-electron chi connectivity index (χ1n) is 8.29. The molecule has 2 atom stereocenters. The van der Waals surface area contributed by atoms with Gasteiger partial charge in [-0.25, -0.2) is 4.79 Å². The molecule has 1 aliphatic carbocycles. The number of carbonyl (C=O) groups is 2. The minimum Gasteiger partial charge on any atom is -0.396 e. The van der Waals surface area contributed by atoms with Gasteiger partial charge in [-0.2, -0.15) is 0 Å². The lowest BCUT2D eigenvalue weighted by molar-refractivity contribution is -0.136. The van der Waals surface area contributed by atoms with E-state index < -0.39 is 5.54 Å². The van der Waals surface area contributed by atoms with Gasteiger partial charge in [0.15, 0.2) is 0 Å². The number of amides is 3. The molecular formula is C16H28N2O3. The summed E-state index contributed by atoms with van der Waals surface area (Å²) in [5.74, 6) is 0.392. The molecule has 1 saturated heterocycles. The zero-order valence-corrected chi connectivity index (χ0v) is 13.2. The molecule has 1 spiro atoms. The molecule has 1 saturated carbocycles. The second-order valence-electron chi connectivity index (χ2n) is 6.63. The van der Waals surface area contributed by atoms with Crippen molar-refractivity contribution >= 4 is 11.9 Å². The molecule has 0 aromatic rings. The molecule has 21 heavy (non-hydrogen) atoms. The van der Waals surface area contributed by atoms with E-state index in [4.69, 9.17) is 5.11 Å². The summed E-state index contributed by atoms with van der Waals surface area (Å²) >= 11 is 0. The first-order valence-corrected chi connectivity index (χ1v) is 8.29. The normalized spacial score (nSPS) is 32.8. The summed E-state index contributed by atoms with van der Waals surface area (Å²) in [4.78, 5) is 26.5. The predicted molar refractivity (Wildman–Crippen MR) is 80.7 cm³/mol. The molecule has 5 heteroatoms. The smallest absolute Gasteiger partial charge is 0.325 e. The monoisotopic (exact) mass is 296 g/mol. The summed E-state index contributed by atoms with van der Waals surface area (Å²) < 4.78 is 0. The Balaban J connectivity index is 1.99. The number of rotatable bonds is 6. The van der Waals surface area contributed by atoms with Crippen LogP contribution in [0.1, 0.15) is 58.8 Å². The van der Waals surface area contributed by atoms with Crippen LogP contribution < -0.4 is 5.32 Å². The molecule has 0 aromatic carbocycles. The SMILES string of the molecule is CC1CCCC(C)C12NC(=O)N(CCCCCCO)C2=O.